The summed E-state index contributed by atoms with van der Waals surface area (Å²) < 4.78 is 23.4. The summed E-state index contributed by atoms with van der Waals surface area (Å²) in [5.41, 5.74) is 0.628. The van der Waals surface area contributed by atoms with Crippen molar-refractivity contribution in [1.29, 1.82) is 0 Å². The maximum atomic E-state index is 13.0. The second-order valence-corrected chi connectivity index (χ2v) is 5.66. The zero-order chi connectivity index (χ0) is 17.0. The quantitative estimate of drug-likeness (QED) is 0.918. The summed E-state index contributed by atoms with van der Waals surface area (Å²) in [6.45, 7) is 3.72. The molecule has 1 N–H and O–H groups in total. The van der Waals surface area contributed by atoms with Crippen LogP contribution in [0.25, 0.3) is 0 Å². The molecular weight excluding hydrogens is 297 g/mol. The first-order chi connectivity index (χ1) is 10.9. The molecule has 0 radical (unpaired) electrons. The van der Waals surface area contributed by atoms with Gasteiger partial charge >= 0.3 is 0 Å². The van der Waals surface area contributed by atoms with E-state index in [2.05, 4.69) is 5.32 Å². The fourth-order valence-electron chi connectivity index (χ4n) is 2.27. The van der Waals surface area contributed by atoms with Gasteiger partial charge in [-0.25, -0.2) is 4.39 Å². The lowest BCUT2D eigenvalue weighted by Crippen LogP contribution is -2.41. The first-order valence-electron chi connectivity index (χ1n) is 7.18. The SMILES string of the molecule is COc1ccc(C(=O)NC(C)(C)c2ccc(F)cc2)cc1OC. The average Bonchev–Trinajstić information content (AvgIpc) is 2.54. The van der Waals surface area contributed by atoms with Crippen molar-refractivity contribution in [3.8, 4) is 11.5 Å². The number of hydrogen-bond acceptors (Lipinski definition) is 3. The zero-order valence-corrected chi connectivity index (χ0v) is 13.6. The lowest BCUT2D eigenvalue weighted by atomic mass is 9.94. The van der Waals surface area contributed by atoms with Crippen molar-refractivity contribution in [2.75, 3.05) is 14.2 Å². The highest BCUT2D eigenvalue weighted by Gasteiger charge is 2.24. The molecule has 0 bridgehead atoms. The van der Waals surface area contributed by atoms with Gasteiger partial charge in [0.05, 0.1) is 19.8 Å². The van der Waals surface area contributed by atoms with Crippen LogP contribution >= 0.6 is 0 Å². The number of methoxy groups -OCH3 is 2. The molecule has 0 aliphatic carbocycles. The van der Waals surface area contributed by atoms with Gasteiger partial charge in [-0.1, -0.05) is 12.1 Å². The fourth-order valence-corrected chi connectivity index (χ4v) is 2.27. The molecular formula is C18H20FNO3. The Morgan fingerprint density at radius 1 is 1.00 bits per heavy atom. The van der Waals surface area contributed by atoms with Crippen LogP contribution in [-0.2, 0) is 5.54 Å². The van der Waals surface area contributed by atoms with E-state index in [-0.39, 0.29) is 11.7 Å². The molecule has 2 aromatic rings. The molecule has 0 aliphatic rings. The molecule has 122 valence electrons. The van der Waals surface area contributed by atoms with Crippen molar-refractivity contribution >= 4 is 5.91 Å². The molecule has 0 unspecified atom stereocenters. The van der Waals surface area contributed by atoms with E-state index in [1.807, 2.05) is 13.8 Å². The lowest BCUT2D eigenvalue weighted by Gasteiger charge is -2.27. The van der Waals surface area contributed by atoms with Gasteiger partial charge in [0, 0.05) is 5.56 Å². The molecule has 2 rings (SSSR count). The van der Waals surface area contributed by atoms with Gasteiger partial charge in [-0.2, -0.15) is 0 Å². The number of halogens is 1. The fraction of sp³-hybridized carbons (Fsp3) is 0.278. The third kappa shape index (κ3) is 3.80. The number of benzene rings is 2. The largest absolute Gasteiger partial charge is 0.493 e. The molecule has 0 atom stereocenters. The molecule has 1 amide bonds. The van der Waals surface area contributed by atoms with E-state index in [0.29, 0.717) is 17.1 Å². The molecule has 23 heavy (non-hydrogen) atoms. The van der Waals surface area contributed by atoms with Crippen molar-refractivity contribution in [3.63, 3.8) is 0 Å². The van der Waals surface area contributed by atoms with E-state index in [1.165, 1.54) is 26.4 Å². The minimum atomic E-state index is -0.641. The molecule has 0 saturated carbocycles. The van der Waals surface area contributed by atoms with Crippen LogP contribution in [-0.4, -0.2) is 20.1 Å². The molecule has 2 aromatic carbocycles. The predicted octanol–water partition coefficient (Wildman–Crippen LogP) is 3.51. The normalized spacial score (nSPS) is 11.0. The molecule has 0 aromatic heterocycles. The van der Waals surface area contributed by atoms with Crippen molar-refractivity contribution in [2.45, 2.75) is 19.4 Å². The van der Waals surface area contributed by atoms with Crippen molar-refractivity contribution in [2.24, 2.45) is 0 Å². The van der Waals surface area contributed by atoms with E-state index in [9.17, 15) is 9.18 Å². The number of rotatable bonds is 5. The number of amides is 1. The first kappa shape index (κ1) is 16.8. The Kier molecular flexibility index (Phi) is 4.89. The number of carbonyl (C=O) groups excluding carboxylic acids is 1. The van der Waals surface area contributed by atoms with Gasteiger partial charge in [0.2, 0.25) is 0 Å². The minimum absolute atomic E-state index is 0.250. The molecule has 0 aliphatic heterocycles. The maximum absolute atomic E-state index is 13.0. The number of hydrogen-bond donors (Lipinski definition) is 1. The van der Waals surface area contributed by atoms with E-state index < -0.39 is 5.54 Å². The van der Waals surface area contributed by atoms with E-state index >= 15 is 0 Å². The molecule has 4 nitrogen and oxygen atoms in total. The van der Waals surface area contributed by atoms with Crippen LogP contribution in [0.1, 0.15) is 29.8 Å². The molecule has 0 fully saturated rings. The summed E-state index contributed by atoms with van der Waals surface area (Å²) in [6, 6.07) is 11.0. The van der Waals surface area contributed by atoms with Gasteiger partial charge in [-0.3, -0.25) is 4.79 Å². The second-order valence-electron chi connectivity index (χ2n) is 5.66. The third-order valence-electron chi connectivity index (χ3n) is 3.64. The highest BCUT2D eigenvalue weighted by Crippen LogP contribution is 2.28. The van der Waals surface area contributed by atoms with Crippen LogP contribution in [0.5, 0.6) is 11.5 Å². The lowest BCUT2D eigenvalue weighted by molar-refractivity contribution is 0.0911. The Labute approximate surface area is 135 Å². The van der Waals surface area contributed by atoms with Crippen molar-refractivity contribution in [3.05, 3.63) is 59.4 Å². The first-order valence-corrected chi connectivity index (χ1v) is 7.18. The van der Waals surface area contributed by atoms with Gasteiger partial charge in [-0.05, 0) is 49.7 Å². The maximum Gasteiger partial charge on any atom is 0.252 e. The summed E-state index contributed by atoms with van der Waals surface area (Å²) in [6.07, 6.45) is 0. The minimum Gasteiger partial charge on any atom is -0.493 e. The Bertz CT molecular complexity index is 696. The third-order valence-corrected chi connectivity index (χ3v) is 3.64. The highest BCUT2D eigenvalue weighted by atomic mass is 19.1. The van der Waals surface area contributed by atoms with Gasteiger partial charge in [0.25, 0.3) is 5.91 Å². The molecule has 0 spiro atoms. The zero-order valence-electron chi connectivity index (χ0n) is 13.6. The van der Waals surface area contributed by atoms with Crippen LogP contribution in [0.15, 0.2) is 42.5 Å². The van der Waals surface area contributed by atoms with E-state index in [0.717, 1.165) is 5.56 Å². The molecule has 5 heteroatoms. The van der Waals surface area contributed by atoms with Crippen LogP contribution in [0.3, 0.4) is 0 Å². The summed E-state index contributed by atoms with van der Waals surface area (Å²) in [7, 11) is 3.05. The summed E-state index contributed by atoms with van der Waals surface area (Å²) in [5.74, 6) is 0.484. The van der Waals surface area contributed by atoms with Crippen LogP contribution < -0.4 is 14.8 Å². The summed E-state index contributed by atoms with van der Waals surface area (Å²) in [4.78, 5) is 12.5. The Hall–Kier alpha value is -2.56. The smallest absolute Gasteiger partial charge is 0.252 e. The van der Waals surface area contributed by atoms with Crippen molar-refractivity contribution < 1.29 is 18.7 Å². The van der Waals surface area contributed by atoms with E-state index in [4.69, 9.17) is 9.47 Å². The Morgan fingerprint density at radius 2 is 1.61 bits per heavy atom. The number of carbonyl (C=O) groups is 1. The van der Waals surface area contributed by atoms with Gasteiger partial charge in [0.15, 0.2) is 11.5 Å². The second kappa shape index (κ2) is 6.69. The topological polar surface area (TPSA) is 47.6 Å². The standard InChI is InChI=1S/C18H20FNO3/c1-18(2,13-6-8-14(19)9-7-13)20-17(21)12-5-10-15(22-3)16(11-12)23-4/h5-11H,1-4H3,(H,20,21). The van der Waals surface area contributed by atoms with Crippen molar-refractivity contribution in [1.82, 2.24) is 5.32 Å². The van der Waals surface area contributed by atoms with Gasteiger partial charge < -0.3 is 14.8 Å². The van der Waals surface area contributed by atoms with Gasteiger partial charge in [0.1, 0.15) is 5.82 Å². The summed E-state index contributed by atoms with van der Waals surface area (Å²) >= 11 is 0. The summed E-state index contributed by atoms with van der Waals surface area (Å²) in [5, 5.41) is 2.94. The number of nitrogens with one attached hydrogen (secondary N) is 1. The van der Waals surface area contributed by atoms with Gasteiger partial charge in [-0.15, -0.1) is 0 Å². The molecule has 0 saturated heterocycles. The Morgan fingerprint density at radius 3 is 2.17 bits per heavy atom. The van der Waals surface area contributed by atoms with Crippen LogP contribution in [0.4, 0.5) is 4.39 Å². The highest BCUT2D eigenvalue weighted by molar-refractivity contribution is 5.95. The predicted molar refractivity (Wildman–Crippen MR) is 86.4 cm³/mol. The van der Waals surface area contributed by atoms with Crippen LogP contribution in [0.2, 0.25) is 0 Å². The molecule has 0 heterocycles. The van der Waals surface area contributed by atoms with E-state index in [1.54, 1.807) is 30.3 Å². The monoisotopic (exact) mass is 317 g/mol. The average molecular weight is 317 g/mol. The number of ether oxygens (including phenoxy) is 2. The van der Waals surface area contributed by atoms with Crippen LogP contribution in [0, 0.1) is 5.82 Å². The Balaban J connectivity index is 2.22.